The largest absolute Gasteiger partial charge is 0.494 e. The van der Waals surface area contributed by atoms with Crippen molar-refractivity contribution in [2.45, 2.75) is 39.5 Å². The van der Waals surface area contributed by atoms with Gasteiger partial charge in [-0.2, -0.15) is 0 Å². The van der Waals surface area contributed by atoms with Gasteiger partial charge in [0.2, 0.25) is 0 Å². The number of rotatable bonds is 7. The molecule has 0 bridgehead atoms. The number of fused-ring (bicyclic) bond motifs is 1. The highest BCUT2D eigenvalue weighted by Gasteiger charge is 2.22. The first-order chi connectivity index (χ1) is 15.2. The molecule has 31 heavy (non-hydrogen) atoms. The van der Waals surface area contributed by atoms with Gasteiger partial charge in [0.05, 0.1) is 6.61 Å². The van der Waals surface area contributed by atoms with Crippen LogP contribution >= 0.6 is 0 Å². The summed E-state index contributed by atoms with van der Waals surface area (Å²) >= 11 is 0. The molecule has 0 aliphatic carbocycles. The van der Waals surface area contributed by atoms with Crippen molar-refractivity contribution in [1.29, 1.82) is 0 Å². The van der Waals surface area contributed by atoms with Crippen LogP contribution in [0, 0.1) is 0 Å². The van der Waals surface area contributed by atoms with E-state index in [1.54, 1.807) is 7.05 Å². The third-order valence-corrected chi connectivity index (χ3v) is 5.60. The average molecular weight is 421 g/mol. The molecular weight excluding hydrogens is 388 g/mol. The number of guanidine groups is 1. The minimum Gasteiger partial charge on any atom is -0.494 e. The quantitative estimate of drug-likeness (QED) is 0.407. The lowest BCUT2D eigenvalue weighted by atomic mass is 10.1. The van der Waals surface area contributed by atoms with E-state index < -0.39 is 0 Å². The second kappa shape index (κ2) is 9.77. The fourth-order valence-corrected chi connectivity index (χ4v) is 4.05. The summed E-state index contributed by atoms with van der Waals surface area (Å²) in [4.78, 5) is 6.73. The van der Waals surface area contributed by atoms with E-state index in [0.717, 1.165) is 42.5 Å². The van der Waals surface area contributed by atoms with Gasteiger partial charge in [0.15, 0.2) is 5.96 Å². The summed E-state index contributed by atoms with van der Waals surface area (Å²) in [7, 11) is 1.79. The molecule has 2 aliphatic rings. The van der Waals surface area contributed by atoms with Crippen molar-refractivity contribution in [2.75, 3.05) is 31.6 Å². The molecule has 0 amide bonds. The Morgan fingerprint density at radius 2 is 1.97 bits per heavy atom. The van der Waals surface area contributed by atoms with E-state index in [1.165, 1.54) is 16.8 Å². The molecule has 2 aromatic rings. The summed E-state index contributed by atoms with van der Waals surface area (Å²) in [6, 6.07) is 12.9. The van der Waals surface area contributed by atoms with Gasteiger partial charge in [-0.15, -0.1) is 0 Å². The second-order valence-corrected chi connectivity index (χ2v) is 7.96. The van der Waals surface area contributed by atoms with Crippen molar-refractivity contribution in [1.82, 2.24) is 10.6 Å². The Hall–Kier alpha value is -3.15. The van der Waals surface area contributed by atoms with Gasteiger partial charge in [-0.25, -0.2) is 0 Å². The van der Waals surface area contributed by atoms with Crippen LogP contribution in [0.3, 0.4) is 0 Å². The number of nitrogens with zero attached hydrogens (tertiary/aromatic N) is 2. The minimum absolute atomic E-state index is 0.217. The van der Waals surface area contributed by atoms with Crippen molar-refractivity contribution in [3.63, 3.8) is 0 Å². The molecule has 0 spiro atoms. The topological polar surface area (TPSA) is 58.1 Å². The van der Waals surface area contributed by atoms with E-state index in [2.05, 4.69) is 76.0 Å². The predicted octanol–water partition coefficient (Wildman–Crippen LogP) is 3.65. The summed E-state index contributed by atoms with van der Waals surface area (Å²) in [6.07, 6.45) is 5.56. The van der Waals surface area contributed by atoms with Gasteiger partial charge >= 0.3 is 0 Å². The highest BCUT2D eigenvalue weighted by molar-refractivity contribution is 5.79. The zero-order chi connectivity index (χ0) is 21.6. The van der Waals surface area contributed by atoms with Gasteiger partial charge in [0.25, 0.3) is 0 Å². The molecule has 0 aromatic heterocycles. The zero-order valence-electron chi connectivity index (χ0n) is 18.6. The molecule has 0 saturated carbocycles. The predicted molar refractivity (Wildman–Crippen MR) is 126 cm³/mol. The summed E-state index contributed by atoms with van der Waals surface area (Å²) in [5.41, 5.74) is 4.76. The maximum absolute atomic E-state index is 5.93. The maximum atomic E-state index is 5.93. The lowest BCUT2D eigenvalue weighted by molar-refractivity contribution is 0.254. The Bertz CT molecular complexity index is 962. The molecule has 6 heteroatoms. The van der Waals surface area contributed by atoms with Crippen molar-refractivity contribution in [2.24, 2.45) is 4.99 Å². The Kier molecular flexibility index (Phi) is 6.65. The Labute approximate surface area is 185 Å². The van der Waals surface area contributed by atoms with Crippen LogP contribution < -0.4 is 25.0 Å². The number of aliphatic imine (C=N–C) groups is 1. The van der Waals surface area contributed by atoms with E-state index in [9.17, 15) is 0 Å². The molecule has 1 atom stereocenters. The number of hydrogen-bond donors (Lipinski definition) is 2. The van der Waals surface area contributed by atoms with Crippen LogP contribution in [0.25, 0.3) is 0 Å². The minimum atomic E-state index is 0.217. The fourth-order valence-electron chi connectivity index (χ4n) is 4.05. The smallest absolute Gasteiger partial charge is 0.191 e. The zero-order valence-corrected chi connectivity index (χ0v) is 18.6. The molecule has 6 nitrogen and oxygen atoms in total. The number of anilines is 1. The Morgan fingerprint density at radius 1 is 1.16 bits per heavy atom. The number of hydrogen-bond acceptors (Lipinski definition) is 4. The average Bonchev–Trinajstić information content (AvgIpc) is 3.43. The van der Waals surface area contributed by atoms with Crippen LogP contribution in [0.15, 0.2) is 53.5 Å². The summed E-state index contributed by atoms with van der Waals surface area (Å²) in [6.45, 7) is 8.02. The molecule has 0 saturated heterocycles. The fraction of sp³-hybridized carbons (Fsp3) is 0.400. The highest BCUT2D eigenvalue weighted by Crippen LogP contribution is 2.35. The molecule has 0 radical (unpaired) electrons. The SMILES string of the molecule is CCOc1cc2c(cc1CNC(=NC)NCc1cccc(N3CC=CC3)c1)OC(C)C2. The van der Waals surface area contributed by atoms with Crippen molar-refractivity contribution in [3.05, 3.63) is 65.2 Å². The van der Waals surface area contributed by atoms with Crippen LogP contribution in [0.5, 0.6) is 11.5 Å². The highest BCUT2D eigenvalue weighted by atomic mass is 16.5. The summed E-state index contributed by atoms with van der Waals surface area (Å²) < 4.78 is 11.8. The molecule has 2 N–H and O–H groups in total. The number of nitrogens with one attached hydrogen (secondary N) is 2. The molecule has 2 heterocycles. The van der Waals surface area contributed by atoms with Crippen LogP contribution in [-0.2, 0) is 19.5 Å². The van der Waals surface area contributed by atoms with Gasteiger partial charge in [-0.3, -0.25) is 4.99 Å². The van der Waals surface area contributed by atoms with Crippen LogP contribution in [0.4, 0.5) is 5.69 Å². The first-order valence-corrected chi connectivity index (χ1v) is 11.0. The van der Waals surface area contributed by atoms with Gasteiger partial charge in [-0.1, -0.05) is 24.3 Å². The standard InChI is InChI=1S/C25H32N4O2/c1-4-30-23-14-20-12-18(2)31-24(20)15-21(23)17-28-25(26-3)27-16-19-8-7-9-22(13-19)29-10-5-6-11-29/h5-9,13-15,18H,4,10-12,16-17H2,1-3H3,(H2,26,27,28). The van der Waals surface area contributed by atoms with Crippen molar-refractivity contribution >= 4 is 11.6 Å². The first-order valence-electron chi connectivity index (χ1n) is 11.0. The van der Waals surface area contributed by atoms with Crippen LogP contribution in [0.2, 0.25) is 0 Å². The molecule has 164 valence electrons. The van der Waals surface area contributed by atoms with Crippen LogP contribution in [0.1, 0.15) is 30.5 Å². The van der Waals surface area contributed by atoms with Crippen LogP contribution in [-0.4, -0.2) is 38.8 Å². The monoisotopic (exact) mass is 420 g/mol. The number of ether oxygens (including phenoxy) is 2. The van der Waals surface area contributed by atoms with Crippen molar-refractivity contribution in [3.8, 4) is 11.5 Å². The Balaban J connectivity index is 1.37. The van der Waals surface area contributed by atoms with Crippen molar-refractivity contribution < 1.29 is 9.47 Å². The molecular formula is C25H32N4O2. The van der Waals surface area contributed by atoms with Gasteiger partial charge in [0.1, 0.15) is 17.6 Å². The van der Waals surface area contributed by atoms with E-state index in [-0.39, 0.29) is 6.10 Å². The molecule has 4 rings (SSSR count). The molecule has 2 aromatic carbocycles. The summed E-state index contributed by atoms with van der Waals surface area (Å²) in [5, 5.41) is 6.83. The summed E-state index contributed by atoms with van der Waals surface area (Å²) in [5.74, 6) is 2.63. The van der Waals surface area contributed by atoms with Gasteiger partial charge in [0, 0.05) is 56.5 Å². The maximum Gasteiger partial charge on any atom is 0.191 e. The van der Waals surface area contributed by atoms with E-state index in [4.69, 9.17) is 9.47 Å². The molecule has 2 aliphatic heterocycles. The van der Waals surface area contributed by atoms with E-state index >= 15 is 0 Å². The Morgan fingerprint density at radius 3 is 2.74 bits per heavy atom. The lowest BCUT2D eigenvalue weighted by Gasteiger charge is -2.19. The third kappa shape index (κ3) is 5.13. The lowest BCUT2D eigenvalue weighted by Crippen LogP contribution is -2.36. The van der Waals surface area contributed by atoms with E-state index in [1.807, 2.05) is 6.92 Å². The van der Waals surface area contributed by atoms with Gasteiger partial charge < -0.3 is 25.0 Å². The normalized spacial score (nSPS) is 17.5. The third-order valence-electron chi connectivity index (χ3n) is 5.60. The molecule has 0 fully saturated rings. The van der Waals surface area contributed by atoms with E-state index in [0.29, 0.717) is 19.7 Å². The number of benzene rings is 2. The first kappa shape index (κ1) is 21.1. The van der Waals surface area contributed by atoms with Gasteiger partial charge in [-0.05, 0) is 43.7 Å². The second-order valence-electron chi connectivity index (χ2n) is 7.96. The molecule has 1 unspecified atom stereocenters.